The molecule has 1 unspecified atom stereocenters. The lowest BCUT2D eigenvalue weighted by molar-refractivity contribution is 0.539. The summed E-state index contributed by atoms with van der Waals surface area (Å²) < 4.78 is 2.21. The molecule has 0 radical (unpaired) electrons. The Bertz CT molecular complexity index is 561. The van der Waals surface area contributed by atoms with Gasteiger partial charge in [0.2, 0.25) is 0 Å². The van der Waals surface area contributed by atoms with Gasteiger partial charge in [-0.25, -0.2) is 4.98 Å². The first-order chi connectivity index (χ1) is 9.67. The first-order valence-electron chi connectivity index (χ1n) is 7.22. The van der Waals surface area contributed by atoms with Crippen LogP contribution in [0.15, 0.2) is 18.5 Å². The topological polar surface area (TPSA) is 55.6 Å². The maximum Gasteiger partial charge on any atom is 0.130 e. The van der Waals surface area contributed by atoms with Gasteiger partial charge in [-0.1, -0.05) is 13.8 Å². The number of hydrogen-bond acceptors (Lipinski definition) is 4. The molecule has 5 nitrogen and oxygen atoms in total. The van der Waals surface area contributed by atoms with Crippen LogP contribution in [-0.2, 0) is 6.54 Å². The molecule has 108 valence electrons. The van der Waals surface area contributed by atoms with E-state index in [0.29, 0.717) is 0 Å². The van der Waals surface area contributed by atoms with Gasteiger partial charge in [-0.2, -0.15) is 10.2 Å². The van der Waals surface area contributed by atoms with Crippen molar-refractivity contribution >= 4 is 0 Å². The zero-order valence-corrected chi connectivity index (χ0v) is 12.7. The molecule has 0 aliphatic heterocycles. The van der Waals surface area contributed by atoms with Crippen LogP contribution in [0, 0.1) is 13.8 Å². The van der Waals surface area contributed by atoms with Crippen molar-refractivity contribution < 1.29 is 0 Å². The molecule has 0 saturated carbocycles. The highest BCUT2D eigenvalue weighted by Gasteiger charge is 2.21. The van der Waals surface area contributed by atoms with E-state index < -0.39 is 0 Å². The Morgan fingerprint density at radius 2 is 2.05 bits per heavy atom. The minimum absolute atomic E-state index is 0.0655. The lowest BCUT2D eigenvalue weighted by Gasteiger charge is -2.20. The normalized spacial score (nSPS) is 12.6. The molecule has 2 heterocycles. The Morgan fingerprint density at radius 3 is 2.75 bits per heavy atom. The number of rotatable bonds is 6. The second-order valence-corrected chi connectivity index (χ2v) is 5.00. The van der Waals surface area contributed by atoms with Crippen LogP contribution in [0.3, 0.4) is 0 Å². The van der Waals surface area contributed by atoms with E-state index in [1.54, 1.807) is 0 Å². The largest absolute Gasteiger partial charge is 0.333 e. The van der Waals surface area contributed by atoms with Crippen molar-refractivity contribution in [1.82, 2.24) is 25.1 Å². The van der Waals surface area contributed by atoms with E-state index >= 15 is 0 Å². The fourth-order valence-electron chi connectivity index (χ4n) is 2.42. The fourth-order valence-corrected chi connectivity index (χ4v) is 2.42. The van der Waals surface area contributed by atoms with E-state index in [-0.39, 0.29) is 6.04 Å². The summed E-state index contributed by atoms with van der Waals surface area (Å²) in [5.74, 6) is 1.05. The van der Waals surface area contributed by atoms with Gasteiger partial charge in [-0.15, -0.1) is 0 Å². The Morgan fingerprint density at radius 1 is 1.25 bits per heavy atom. The summed E-state index contributed by atoms with van der Waals surface area (Å²) in [6.45, 7) is 10.1. The smallest absolute Gasteiger partial charge is 0.130 e. The van der Waals surface area contributed by atoms with E-state index in [1.807, 2.05) is 26.2 Å². The minimum atomic E-state index is 0.0655. The third-order valence-corrected chi connectivity index (χ3v) is 3.33. The van der Waals surface area contributed by atoms with E-state index in [9.17, 15) is 0 Å². The molecule has 0 aromatic carbocycles. The first kappa shape index (κ1) is 14.7. The quantitative estimate of drug-likeness (QED) is 0.878. The van der Waals surface area contributed by atoms with E-state index in [2.05, 4.69) is 45.0 Å². The number of imidazole rings is 1. The second kappa shape index (κ2) is 6.61. The predicted octanol–water partition coefficient (Wildman–Crippen LogP) is 2.40. The van der Waals surface area contributed by atoms with E-state index in [1.165, 1.54) is 0 Å². The van der Waals surface area contributed by atoms with Gasteiger partial charge >= 0.3 is 0 Å². The number of aryl methyl sites for hydroxylation is 3. The molecule has 0 spiro atoms. The van der Waals surface area contributed by atoms with Gasteiger partial charge in [0.15, 0.2) is 0 Å². The van der Waals surface area contributed by atoms with Gasteiger partial charge in [-0.3, -0.25) is 0 Å². The minimum Gasteiger partial charge on any atom is -0.333 e. The standard InChI is InChI=1S/C15H23N5/c1-5-8-20-9-7-17-15(20)14(16-6-2)13-10-11(3)18-19-12(13)4/h7,9-10,14,16H,5-6,8H2,1-4H3. The molecular weight excluding hydrogens is 250 g/mol. The molecule has 0 fully saturated rings. The highest BCUT2D eigenvalue weighted by Crippen LogP contribution is 2.23. The van der Waals surface area contributed by atoms with Gasteiger partial charge < -0.3 is 9.88 Å². The summed E-state index contributed by atoms with van der Waals surface area (Å²) in [7, 11) is 0. The Balaban J connectivity index is 2.44. The molecule has 20 heavy (non-hydrogen) atoms. The average molecular weight is 273 g/mol. The molecule has 0 bridgehead atoms. The van der Waals surface area contributed by atoms with Crippen LogP contribution in [0.5, 0.6) is 0 Å². The summed E-state index contributed by atoms with van der Waals surface area (Å²) in [5.41, 5.74) is 3.04. The number of hydrogen-bond donors (Lipinski definition) is 1. The zero-order valence-electron chi connectivity index (χ0n) is 12.7. The van der Waals surface area contributed by atoms with E-state index in [4.69, 9.17) is 0 Å². The van der Waals surface area contributed by atoms with Crippen LogP contribution >= 0.6 is 0 Å². The highest BCUT2D eigenvalue weighted by atomic mass is 15.1. The highest BCUT2D eigenvalue weighted by molar-refractivity contribution is 5.29. The zero-order chi connectivity index (χ0) is 14.5. The fraction of sp³-hybridized carbons (Fsp3) is 0.533. The molecule has 5 heteroatoms. The molecule has 1 atom stereocenters. The Labute approximate surface area is 120 Å². The molecule has 2 aromatic heterocycles. The second-order valence-electron chi connectivity index (χ2n) is 5.00. The lowest BCUT2D eigenvalue weighted by atomic mass is 10.0. The molecule has 0 saturated heterocycles. The molecule has 0 aliphatic rings. The third-order valence-electron chi connectivity index (χ3n) is 3.33. The van der Waals surface area contributed by atoms with Crippen molar-refractivity contribution in [2.24, 2.45) is 0 Å². The maximum atomic E-state index is 4.55. The Hall–Kier alpha value is -1.75. The van der Waals surface area contributed by atoms with Crippen LogP contribution < -0.4 is 5.32 Å². The van der Waals surface area contributed by atoms with Crippen molar-refractivity contribution in [3.05, 3.63) is 41.2 Å². The third kappa shape index (κ3) is 3.04. The maximum absolute atomic E-state index is 4.55. The molecule has 0 amide bonds. The molecule has 1 N–H and O–H groups in total. The monoisotopic (exact) mass is 273 g/mol. The van der Waals surface area contributed by atoms with Crippen molar-refractivity contribution in [3.8, 4) is 0 Å². The molecule has 2 rings (SSSR count). The van der Waals surface area contributed by atoms with Crippen LogP contribution in [0.2, 0.25) is 0 Å². The van der Waals surface area contributed by atoms with Gasteiger partial charge in [0.25, 0.3) is 0 Å². The van der Waals surface area contributed by atoms with Gasteiger partial charge in [0, 0.05) is 24.5 Å². The predicted molar refractivity (Wildman–Crippen MR) is 79.5 cm³/mol. The summed E-state index contributed by atoms with van der Waals surface area (Å²) in [4.78, 5) is 4.55. The van der Waals surface area contributed by atoms with Crippen molar-refractivity contribution in [2.45, 2.75) is 46.7 Å². The average Bonchev–Trinajstić information content (AvgIpc) is 2.88. The lowest BCUT2D eigenvalue weighted by Crippen LogP contribution is -2.26. The number of nitrogens with zero attached hydrogens (tertiary/aromatic N) is 4. The van der Waals surface area contributed by atoms with Gasteiger partial charge in [-0.05, 0) is 32.9 Å². The van der Waals surface area contributed by atoms with Crippen molar-refractivity contribution in [2.75, 3.05) is 6.54 Å². The van der Waals surface area contributed by atoms with Gasteiger partial charge in [0.05, 0.1) is 17.4 Å². The summed E-state index contributed by atoms with van der Waals surface area (Å²) in [6.07, 6.45) is 5.00. The van der Waals surface area contributed by atoms with E-state index in [0.717, 1.165) is 42.3 Å². The number of aromatic nitrogens is 4. The summed E-state index contributed by atoms with van der Waals surface area (Å²) >= 11 is 0. The molecular formula is C15H23N5. The van der Waals surface area contributed by atoms with Crippen LogP contribution in [0.1, 0.15) is 49.1 Å². The SMILES string of the molecule is CCCn1ccnc1C(NCC)c1cc(C)nnc1C. The Kier molecular flexibility index (Phi) is 4.84. The van der Waals surface area contributed by atoms with Gasteiger partial charge in [0.1, 0.15) is 5.82 Å². The summed E-state index contributed by atoms with van der Waals surface area (Å²) in [6, 6.07) is 2.16. The summed E-state index contributed by atoms with van der Waals surface area (Å²) in [5, 5.41) is 11.9. The van der Waals surface area contributed by atoms with Crippen LogP contribution in [-0.4, -0.2) is 26.3 Å². The molecule has 0 aliphatic carbocycles. The number of nitrogens with one attached hydrogen (secondary N) is 1. The van der Waals surface area contributed by atoms with Crippen LogP contribution in [0.4, 0.5) is 0 Å². The van der Waals surface area contributed by atoms with Crippen LogP contribution in [0.25, 0.3) is 0 Å². The first-order valence-corrected chi connectivity index (χ1v) is 7.22. The molecule has 2 aromatic rings. The van der Waals surface area contributed by atoms with Crippen molar-refractivity contribution in [3.63, 3.8) is 0 Å². The van der Waals surface area contributed by atoms with Crippen molar-refractivity contribution in [1.29, 1.82) is 0 Å².